The number of halogens is 2. The molecule has 1 aromatic heterocycles. The molecule has 0 spiro atoms. The highest BCUT2D eigenvalue weighted by Gasteiger charge is 2.22. The van der Waals surface area contributed by atoms with Crippen molar-refractivity contribution in [1.82, 2.24) is 15.0 Å². The molecule has 19 heavy (non-hydrogen) atoms. The highest BCUT2D eigenvalue weighted by Crippen LogP contribution is 2.25. The van der Waals surface area contributed by atoms with Crippen LogP contribution in [0.2, 0.25) is 0 Å². The quantitative estimate of drug-likeness (QED) is 0.503. The Kier molecular flexibility index (Phi) is 3.48. The van der Waals surface area contributed by atoms with Gasteiger partial charge in [0.1, 0.15) is 0 Å². The third-order valence-corrected chi connectivity index (χ3v) is 3.34. The zero-order valence-electron chi connectivity index (χ0n) is 10.5. The van der Waals surface area contributed by atoms with Crippen LogP contribution in [0.3, 0.4) is 0 Å². The molecule has 1 aromatic carbocycles. The molecule has 1 amide bonds. The van der Waals surface area contributed by atoms with Gasteiger partial charge in [0, 0.05) is 18.2 Å². The fourth-order valence-electron chi connectivity index (χ4n) is 1.94. The second kappa shape index (κ2) is 4.93. The first-order chi connectivity index (χ1) is 8.95. The van der Waals surface area contributed by atoms with Crippen molar-refractivity contribution in [2.45, 2.75) is 19.9 Å². The number of rotatable bonds is 3. The standard InChI is InChI=1S/C12H14F2N4O/c1-6(12(19)17-15)7(2)18-5-16-10-3-8(13)9(14)4-11(10)18/h3-7H,15H2,1-2H3,(H,17,19). The van der Waals surface area contributed by atoms with Gasteiger partial charge in [-0.15, -0.1) is 0 Å². The number of nitrogens with zero attached hydrogens (tertiary/aromatic N) is 2. The monoisotopic (exact) mass is 268 g/mol. The summed E-state index contributed by atoms with van der Waals surface area (Å²) in [5.74, 6) is 2.42. The van der Waals surface area contributed by atoms with E-state index in [4.69, 9.17) is 5.84 Å². The summed E-state index contributed by atoms with van der Waals surface area (Å²) in [7, 11) is 0. The molecule has 7 heteroatoms. The maximum atomic E-state index is 13.3. The molecule has 0 saturated heterocycles. The number of fused-ring (bicyclic) bond motifs is 1. The maximum absolute atomic E-state index is 13.3. The summed E-state index contributed by atoms with van der Waals surface area (Å²) in [6.07, 6.45) is 1.45. The van der Waals surface area contributed by atoms with Gasteiger partial charge < -0.3 is 4.57 Å². The second-order valence-corrected chi connectivity index (χ2v) is 4.44. The summed E-state index contributed by atoms with van der Waals surface area (Å²) in [6.45, 7) is 3.47. The van der Waals surface area contributed by atoms with E-state index in [1.54, 1.807) is 18.4 Å². The molecule has 0 aliphatic heterocycles. The van der Waals surface area contributed by atoms with Gasteiger partial charge >= 0.3 is 0 Å². The lowest BCUT2D eigenvalue weighted by Crippen LogP contribution is -2.37. The number of nitrogens with one attached hydrogen (secondary N) is 1. The molecule has 3 N–H and O–H groups in total. The van der Waals surface area contributed by atoms with Crippen LogP contribution in [0.15, 0.2) is 18.5 Å². The van der Waals surface area contributed by atoms with Crippen molar-refractivity contribution in [3.63, 3.8) is 0 Å². The van der Waals surface area contributed by atoms with Crippen molar-refractivity contribution in [2.75, 3.05) is 0 Å². The molecule has 5 nitrogen and oxygen atoms in total. The van der Waals surface area contributed by atoms with Crippen LogP contribution in [0.1, 0.15) is 19.9 Å². The zero-order valence-corrected chi connectivity index (χ0v) is 10.5. The summed E-state index contributed by atoms with van der Waals surface area (Å²) in [4.78, 5) is 15.5. The van der Waals surface area contributed by atoms with Crippen molar-refractivity contribution in [2.24, 2.45) is 11.8 Å². The van der Waals surface area contributed by atoms with E-state index < -0.39 is 17.6 Å². The molecule has 2 atom stereocenters. The number of hydrogen-bond donors (Lipinski definition) is 2. The largest absolute Gasteiger partial charge is 0.327 e. The predicted molar refractivity (Wildman–Crippen MR) is 65.9 cm³/mol. The number of hydrazine groups is 1. The molecule has 102 valence electrons. The molecule has 1 heterocycles. The van der Waals surface area contributed by atoms with E-state index in [9.17, 15) is 13.6 Å². The summed E-state index contributed by atoms with van der Waals surface area (Å²) >= 11 is 0. The molecule has 0 aliphatic carbocycles. The molecule has 0 fully saturated rings. The Morgan fingerprint density at radius 3 is 2.63 bits per heavy atom. The van der Waals surface area contributed by atoms with Crippen molar-refractivity contribution in [3.8, 4) is 0 Å². The number of carbonyl (C=O) groups excluding carboxylic acids is 1. The van der Waals surface area contributed by atoms with Gasteiger partial charge in [0.15, 0.2) is 11.6 Å². The summed E-state index contributed by atoms with van der Waals surface area (Å²) in [5, 5.41) is 0. The highest BCUT2D eigenvalue weighted by molar-refractivity contribution is 5.79. The fraction of sp³-hybridized carbons (Fsp3) is 0.333. The smallest absolute Gasteiger partial charge is 0.238 e. The number of aromatic nitrogens is 2. The van der Waals surface area contributed by atoms with E-state index in [2.05, 4.69) is 10.4 Å². The lowest BCUT2D eigenvalue weighted by Gasteiger charge is -2.20. The van der Waals surface area contributed by atoms with E-state index in [0.717, 1.165) is 12.1 Å². The average molecular weight is 268 g/mol. The van der Waals surface area contributed by atoms with E-state index >= 15 is 0 Å². The van der Waals surface area contributed by atoms with Crippen LogP contribution in [-0.4, -0.2) is 15.5 Å². The fourth-order valence-corrected chi connectivity index (χ4v) is 1.94. The van der Waals surface area contributed by atoms with E-state index in [-0.39, 0.29) is 11.9 Å². The predicted octanol–water partition coefficient (Wildman–Crippen LogP) is 1.50. The zero-order chi connectivity index (χ0) is 14.2. The molecular formula is C12H14F2N4O. The molecule has 0 saturated carbocycles. The first kappa shape index (κ1) is 13.4. The first-order valence-electron chi connectivity index (χ1n) is 5.77. The maximum Gasteiger partial charge on any atom is 0.238 e. The van der Waals surface area contributed by atoms with Gasteiger partial charge in [0.05, 0.1) is 23.3 Å². The van der Waals surface area contributed by atoms with Gasteiger partial charge in [-0.1, -0.05) is 6.92 Å². The van der Waals surface area contributed by atoms with Crippen molar-refractivity contribution in [1.29, 1.82) is 0 Å². The van der Waals surface area contributed by atoms with Crippen LogP contribution in [0, 0.1) is 17.6 Å². The molecule has 0 bridgehead atoms. The molecule has 0 radical (unpaired) electrons. The Bertz CT molecular complexity index is 625. The Morgan fingerprint density at radius 2 is 2.00 bits per heavy atom. The molecular weight excluding hydrogens is 254 g/mol. The van der Waals surface area contributed by atoms with Crippen LogP contribution in [0.25, 0.3) is 11.0 Å². The molecule has 2 rings (SSSR count). The van der Waals surface area contributed by atoms with Crippen molar-refractivity contribution in [3.05, 3.63) is 30.1 Å². The van der Waals surface area contributed by atoms with Crippen molar-refractivity contribution >= 4 is 16.9 Å². The molecule has 0 aliphatic rings. The van der Waals surface area contributed by atoms with E-state index in [1.807, 2.05) is 0 Å². The third kappa shape index (κ3) is 2.28. The summed E-state index contributed by atoms with van der Waals surface area (Å²) in [5.41, 5.74) is 2.84. The summed E-state index contributed by atoms with van der Waals surface area (Å²) < 4.78 is 28.0. The van der Waals surface area contributed by atoms with Crippen LogP contribution in [0.4, 0.5) is 8.78 Å². The topological polar surface area (TPSA) is 72.9 Å². The lowest BCUT2D eigenvalue weighted by atomic mass is 10.0. The molecule has 2 aromatic rings. The Morgan fingerprint density at radius 1 is 1.37 bits per heavy atom. The Hall–Kier alpha value is -2.02. The molecule has 2 unspecified atom stereocenters. The van der Waals surface area contributed by atoms with Crippen LogP contribution < -0.4 is 11.3 Å². The van der Waals surface area contributed by atoms with Gasteiger partial charge in [-0.3, -0.25) is 10.2 Å². The van der Waals surface area contributed by atoms with Crippen molar-refractivity contribution < 1.29 is 13.6 Å². The van der Waals surface area contributed by atoms with Crippen LogP contribution in [0.5, 0.6) is 0 Å². The minimum Gasteiger partial charge on any atom is -0.327 e. The van der Waals surface area contributed by atoms with Gasteiger partial charge in [0.2, 0.25) is 5.91 Å². The Balaban J connectivity index is 2.45. The number of imidazole rings is 1. The SMILES string of the molecule is CC(C(=O)NN)C(C)n1cnc2cc(F)c(F)cc21. The lowest BCUT2D eigenvalue weighted by molar-refractivity contribution is -0.125. The second-order valence-electron chi connectivity index (χ2n) is 4.44. The average Bonchev–Trinajstić information content (AvgIpc) is 2.79. The number of benzene rings is 1. The van der Waals surface area contributed by atoms with Gasteiger partial charge in [-0.2, -0.15) is 0 Å². The number of nitrogens with two attached hydrogens (primary N) is 1. The number of amides is 1. The van der Waals surface area contributed by atoms with E-state index in [0.29, 0.717) is 11.0 Å². The van der Waals surface area contributed by atoms with Gasteiger partial charge in [0.25, 0.3) is 0 Å². The van der Waals surface area contributed by atoms with Crippen LogP contribution in [-0.2, 0) is 4.79 Å². The van der Waals surface area contributed by atoms with Gasteiger partial charge in [-0.25, -0.2) is 19.6 Å². The Labute approximate surface area is 108 Å². The number of hydrogen-bond acceptors (Lipinski definition) is 3. The first-order valence-corrected chi connectivity index (χ1v) is 5.77. The van der Waals surface area contributed by atoms with E-state index in [1.165, 1.54) is 6.33 Å². The number of carbonyl (C=O) groups is 1. The highest BCUT2D eigenvalue weighted by atomic mass is 19.2. The normalized spacial score (nSPS) is 14.4. The third-order valence-electron chi connectivity index (χ3n) is 3.34. The minimum absolute atomic E-state index is 0.293. The summed E-state index contributed by atoms with van der Waals surface area (Å²) in [6, 6.07) is 1.81. The van der Waals surface area contributed by atoms with Crippen LogP contribution >= 0.6 is 0 Å². The van der Waals surface area contributed by atoms with Gasteiger partial charge in [-0.05, 0) is 6.92 Å². The minimum atomic E-state index is -0.947.